The second kappa shape index (κ2) is 7.92. The Hall–Kier alpha value is -4.18. The van der Waals surface area contributed by atoms with Crippen molar-refractivity contribution in [3.8, 4) is 11.5 Å². The zero-order valence-electron chi connectivity index (χ0n) is 16.6. The molecule has 150 valence electrons. The first kappa shape index (κ1) is 18.8. The molecule has 4 aromatic carbocycles. The van der Waals surface area contributed by atoms with Crippen molar-refractivity contribution in [2.24, 2.45) is 0 Å². The zero-order valence-corrected chi connectivity index (χ0v) is 16.6. The van der Waals surface area contributed by atoms with Crippen LogP contribution in [-0.4, -0.2) is 5.78 Å². The highest BCUT2D eigenvalue weighted by Gasteiger charge is 2.14. The van der Waals surface area contributed by atoms with E-state index in [-0.39, 0.29) is 12.2 Å². The lowest BCUT2D eigenvalue weighted by Crippen LogP contribution is -2.13. The third-order valence-electron chi connectivity index (χ3n) is 5.22. The van der Waals surface area contributed by atoms with Crippen molar-refractivity contribution in [2.75, 3.05) is 0 Å². The molecular weight excluding hydrogens is 388 g/mol. The average Bonchev–Trinajstić information content (AvgIpc) is 2.81. The van der Waals surface area contributed by atoms with Crippen LogP contribution in [0.15, 0.2) is 106 Å². The standard InChI is InChI=1S/C27H18O4/c28-25(19-10-13-22(14-11-19)30-21-7-2-1-3-8-21)17-20-16-24-23-9-5-4-6-18(23)12-15-26(24)31-27(20)29/h1-16H,17H2. The molecule has 0 amide bonds. The summed E-state index contributed by atoms with van der Waals surface area (Å²) in [6.07, 6.45) is -0.0274. The number of hydrogen-bond donors (Lipinski definition) is 0. The van der Waals surface area contributed by atoms with Crippen LogP contribution in [0.25, 0.3) is 21.7 Å². The molecule has 0 aliphatic carbocycles. The van der Waals surface area contributed by atoms with Gasteiger partial charge in [0.2, 0.25) is 0 Å². The Morgan fingerprint density at radius 1 is 0.742 bits per heavy atom. The molecule has 0 saturated heterocycles. The Morgan fingerprint density at radius 3 is 2.26 bits per heavy atom. The van der Waals surface area contributed by atoms with E-state index in [0.717, 1.165) is 21.9 Å². The molecule has 0 bridgehead atoms. The molecule has 1 heterocycles. The fourth-order valence-electron chi connectivity index (χ4n) is 3.64. The van der Waals surface area contributed by atoms with E-state index in [4.69, 9.17) is 9.15 Å². The van der Waals surface area contributed by atoms with Gasteiger partial charge in [-0.05, 0) is 59.3 Å². The topological polar surface area (TPSA) is 56.5 Å². The minimum Gasteiger partial charge on any atom is -0.457 e. The normalized spacial score (nSPS) is 11.0. The molecule has 0 aliphatic heterocycles. The minimum atomic E-state index is -0.486. The molecular formula is C27H18O4. The quantitative estimate of drug-likeness (QED) is 0.199. The molecule has 0 atom stereocenters. The van der Waals surface area contributed by atoms with Crippen molar-refractivity contribution in [2.45, 2.75) is 6.42 Å². The third kappa shape index (κ3) is 3.83. The summed E-state index contributed by atoms with van der Waals surface area (Å²) in [6, 6.07) is 29.7. The first-order valence-corrected chi connectivity index (χ1v) is 9.98. The number of carbonyl (C=O) groups is 1. The van der Waals surface area contributed by atoms with E-state index in [0.29, 0.717) is 22.5 Å². The number of para-hydroxylation sites is 1. The van der Waals surface area contributed by atoms with Crippen LogP contribution in [0.4, 0.5) is 0 Å². The molecule has 5 rings (SSSR count). The lowest BCUT2D eigenvalue weighted by molar-refractivity contribution is 0.0992. The van der Waals surface area contributed by atoms with E-state index >= 15 is 0 Å². The number of fused-ring (bicyclic) bond motifs is 3. The molecule has 0 radical (unpaired) electrons. The number of benzene rings is 4. The number of Topliss-reactive ketones (excluding diaryl/α,β-unsaturated/α-hetero) is 1. The van der Waals surface area contributed by atoms with Crippen LogP contribution in [0.5, 0.6) is 11.5 Å². The summed E-state index contributed by atoms with van der Waals surface area (Å²) >= 11 is 0. The molecule has 4 nitrogen and oxygen atoms in total. The van der Waals surface area contributed by atoms with Crippen LogP contribution < -0.4 is 10.4 Å². The number of carbonyl (C=O) groups excluding carboxylic acids is 1. The number of rotatable bonds is 5. The van der Waals surface area contributed by atoms with E-state index in [1.807, 2.05) is 60.7 Å². The maximum Gasteiger partial charge on any atom is 0.339 e. The highest BCUT2D eigenvalue weighted by Crippen LogP contribution is 2.26. The lowest BCUT2D eigenvalue weighted by atomic mass is 10.0. The van der Waals surface area contributed by atoms with E-state index in [1.165, 1.54) is 0 Å². The van der Waals surface area contributed by atoms with E-state index in [1.54, 1.807) is 36.4 Å². The largest absolute Gasteiger partial charge is 0.457 e. The summed E-state index contributed by atoms with van der Waals surface area (Å²) in [5.74, 6) is 1.21. The molecule has 1 aromatic heterocycles. The fraction of sp³-hybridized carbons (Fsp3) is 0.0370. The maximum absolute atomic E-state index is 12.8. The van der Waals surface area contributed by atoms with Crippen molar-refractivity contribution in [1.82, 2.24) is 0 Å². The van der Waals surface area contributed by atoms with Gasteiger partial charge in [0, 0.05) is 22.9 Å². The molecule has 0 saturated carbocycles. The van der Waals surface area contributed by atoms with Crippen molar-refractivity contribution in [3.63, 3.8) is 0 Å². The molecule has 0 spiro atoms. The smallest absolute Gasteiger partial charge is 0.339 e. The number of ketones is 1. The third-order valence-corrected chi connectivity index (χ3v) is 5.22. The molecule has 0 aliphatic rings. The first-order valence-electron chi connectivity index (χ1n) is 9.98. The van der Waals surface area contributed by atoms with Gasteiger partial charge in [-0.2, -0.15) is 0 Å². The van der Waals surface area contributed by atoms with Crippen molar-refractivity contribution in [3.05, 3.63) is 119 Å². The van der Waals surface area contributed by atoms with Gasteiger partial charge < -0.3 is 9.15 Å². The van der Waals surface area contributed by atoms with Crippen LogP contribution >= 0.6 is 0 Å². The van der Waals surface area contributed by atoms with E-state index < -0.39 is 5.63 Å². The van der Waals surface area contributed by atoms with Crippen LogP contribution in [0.3, 0.4) is 0 Å². The average molecular weight is 406 g/mol. The summed E-state index contributed by atoms with van der Waals surface area (Å²) < 4.78 is 11.3. The Labute approximate surface area is 178 Å². The highest BCUT2D eigenvalue weighted by molar-refractivity contribution is 6.06. The molecule has 31 heavy (non-hydrogen) atoms. The van der Waals surface area contributed by atoms with Gasteiger partial charge in [-0.3, -0.25) is 4.79 Å². The molecule has 5 aromatic rings. The van der Waals surface area contributed by atoms with Gasteiger partial charge in [0.15, 0.2) is 5.78 Å². The second-order valence-electron chi connectivity index (χ2n) is 7.30. The van der Waals surface area contributed by atoms with Gasteiger partial charge in [-0.1, -0.05) is 48.5 Å². The Morgan fingerprint density at radius 2 is 1.45 bits per heavy atom. The fourth-order valence-corrected chi connectivity index (χ4v) is 3.64. The van der Waals surface area contributed by atoms with E-state index in [9.17, 15) is 9.59 Å². The predicted molar refractivity (Wildman–Crippen MR) is 121 cm³/mol. The van der Waals surface area contributed by atoms with Crippen LogP contribution in [0, 0.1) is 0 Å². The molecule has 0 unspecified atom stereocenters. The monoisotopic (exact) mass is 406 g/mol. The second-order valence-corrected chi connectivity index (χ2v) is 7.30. The SMILES string of the molecule is O=C(Cc1cc2c(ccc3ccccc32)oc1=O)c1ccc(Oc2ccccc2)cc1. The van der Waals surface area contributed by atoms with Crippen LogP contribution in [0.1, 0.15) is 15.9 Å². The van der Waals surface area contributed by atoms with Gasteiger partial charge in [-0.25, -0.2) is 4.79 Å². The molecule has 0 N–H and O–H groups in total. The first-order chi connectivity index (χ1) is 15.2. The summed E-state index contributed by atoms with van der Waals surface area (Å²) in [5, 5.41) is 2.86. The van der Waals surface area contributed by atoms with Crippen molar-refractivity contribution in [1.29, 1.82) is 0 Å². The van der Waals surface area contributed by atoms with Gasteiger partial charge >= 0.3 is 5.63 Å². The summed E-state index contributed by atoms with van der Waals surface area (Å²) in [7, 11) is 0. The van der Waals surface area contributed by atoms with Crippen molar-refractivity contribution < 1.29 is 13.9 Å². The number of ether oxygens (including phenoxy) is 1. The number of hydrogen-bond acceptors (Lipinski definition) is 4. The Balaban J connectivity index is 1.41. The minimum absolute atomic E-state index is 0.0274. The van der Waals surface area contributed by atoms with Gasteiger partial charge in [0.25, 0.3) is 0 Å². The van der Waals surface area contributed by atoms with Crippen LogP contribution in [0.2, 0.25) is 0 Å². The van der Waals surface area contributed by atoms with Gasteiger partial charge in [-0.15, -0.1) is 0 Å². The molecule has 0 fully saturated rings. The van der Waals surface area contributed by atoms with Gasteiger partial charge in [0.05, 0.1) is 0 Å². The highest BCUT2D eigenvalue weighted by atomic mass is 16.5. The van der Waals surface area contributed by atoms with Crippen molar-refractivity contribution >= 4 is 27.5 Å². The predicted octanol–water partition coefficient (Wildman–Crippen LogP) is 6.16. The Bertz CT molecular complexity index is 1450. The summed E-state index contributed by atoms with van der Waals surface area (Å²) in [4.78, 5) is 25.3. The maximum atomic E-state index is 12.8. The molecule has 4 heteroatoms. The summed E-state index contributed by atoms with van der Waals surface area (Å²) in [6.45, 7) is 0. The van der Waals surface area contributed by atoms with Crippen LogP contribution in [-0.2, 0) is 6.42 Å². The van der Waals surface area contributed by atoms with Gasteiger partial charge in [0.1, 0.15) is 17.1 Å². The Kier molecular flexibility index (Phi) is 4.81. The zero-order chi connectivity index (χ0) is 21.2. The summed E-state index contributed by atoms with van der Waals surface area (Å²) in [5.41, 5.74) is 0.888. The lowest BCUT2D eigenvalue weighted by Gasteiger charge is -2.07. The van der Waals surface area contributed by atoms with E-state index in [2.05, 4.69) is 0 Å².